The van der Waals surface area contributed by atoms with E-state index in [1.54, 1.807) is 26.1 Å². The molecule has 0 aliphatic heterocycles. The highest BCUT2D eigenvalue weighted by Gasteiger charge is 2.20. The van der Waals surface area contributed by atoms with E-state index in [0.717, 1.165) is 11.1 Å². The van der Waals surface area contributed by atoms with Crippen LogP contribution in [0.15, 0.2) is 24.3 Å². The lowest BCUT2D eigenvalue weighted by Gasteiger charge is -1.97. The highest BCUT2D eigenvalue weighted by atomic mass is 35.5. The number of hydrogen-bond acceptors (Lipinski definition) is 3. The summed E-state index contributed by atoms with van der Waals surface area (Å²) in [5.41, 5.74) is 2.33. The molecule has 0 N–H and O–H groups in total. The first kappa shape index (κ1) is 14.3. The lowest BCUT2D eigenvalue weighted by Crippen LogP contribution is -1.99. The van der Waals surface area contributed by atoms with Gasteiger partial charge in [-0.15, -0.1) is 11.6 Å². The zero-order valence-corrected chi connectivity index (χ0v) is 12.0. The van der Waals surface area contributed by atoms with Gasteiger partial charge in [-0.25, -0.2) is 9.55 Å². The van der Waals surface area contributed by atoms with Crippen molar-refractivity contribution in [3.8, 4) is 0 Å². The van der Waals surface area contributed by atoms with Crippen molar-refractivity contribution in [1.82, 2.24) is 9.55 Å². The van der Waals surface area contributed by atoms with E-state index in [9.17, 15) is 10.1 Å². The van der Waals surface area contributed by atoms with Crippen LogP contribution in [0, 0.1) is 17.0 Å². The summed E-state index contributed by atoms with van der Waals surface area (Å²) in [6.45, 7) is 1.74. The average Bonchev–Trinajstić information content (AvgIpc) is 2.72. The monoisotopic (exact) mass is 291 g/mol. The quantitative estimate of drug-likeness (QED) is 0.492. The van der Waals surface area contributed by atoms with Gasteiger partial charge in [0, 0.05) is 12.8 Å². The molecule has 0 saturated heterocycles. The topological polar surface area (TPSA) is 61.0 Å². The number of aromatic nitrogens is 2. The molecule has 0 atom stereocenters. The van der Waals surface area contributed by atoms with Gasteiger partial charge < -0.3 is 10.1 Å². The van der Waals surface area contributed by atoms with Gasteiger partial charge in [0.1, 0.15) is 0 Å². The number of nitrogens with zero attached hydrogens (tertiary/aromatic N) is 3. The molecule has 0 aliphatic rings. The number of rotatable bonds is 4. The first-order valence-corrected chi connectivity index (χ1v) is 6.57. The Hall–Kier alpha value is -2.14. The molecule has 0 fully saturated rings. The van der Waals surface area contributed by atoms with Crippen LogP contribution >= 0.6 is 11.6 Å². The third kappa shape index (κ3) is 2.88. The van der Waals surface area contributed by atoms with Crippen LogP contribution in [0.5, 0.6) is 0 Å². The summed E-state index contributed by atoms with van der Waals surface area (Å²) >= 11 is 5.72. The molecule has 1 aromatic heterocycles. The number of nitro groups is 1. The Kier molecular flexibility index (Phi) is 4.20. The third-order valence-electron chi connectivity index (χ3n) is 3.06. The second-order valence-corrected chi connectivity index (χ2v) is 4.66. The standard InChI is InChI=1S/C14H14ClN3O2/c1-10-16-13(14(17(10)2)18(19)20)8-7-11-3-5-12(9-15)6-4-11/h3-8H,9H2,1-2H3/b8-7+. The normalized spacial score (nSPS) is 11.2. The Balaban J connectivity index is 2.31. The molecule has 2 rings (SSSR count). The van der Waals surface area contributed by atoms with Gasteiger partial charge in [0.05, 0.1) is 7.05 Å². The van der Waals surface area contributed by atoms with Crippen LogP contribution in [0.2, 0.25) is 0 Å². The predicted molar refractivity (Wildman–Crippen MR) is 79.5 cm³/mol. The second kappa shape index (κ2) is 5.88. The van der Waals surface area contributed by atoms with Crippen LogP contribution in [0.3, 0.4) is 0 Å². The van der Waals surface area contributed by atoms with Crippen LogP contribution in [-0.2, 0) is 12.9 Å². The zero-order valence-electron chi connectivity index (χ0n) is 11.2. The maximum atomic E-state index is 11.0. The number of aryl methyl sites for hydroxylation is 1. The Bertz CT molecular complexity index is 660. The van der Waals surface area contributed by atoms with Crippen molar-refractivity contribution in [2.75, 3.05) is 0 Å². The summed E-state index contributed by atoms with van der Waals surface area (Å²) in [5.74, 6) is 1.07. The largest absolute Gasteiger partial charge is 0.358 e. The molecule has 1 aromatic carbocycles. The van der Waals surface area contributed by atoms with Crippen LogP contribution < -0.4 is 0 Å². The van der Waals surface area contributed by atoms with Gasteiger partial charge in [-0.1, -0.05) is 30.3 Å². The maximum absolute atomic E-state index is 11.0. The molecule has 1 heterocycles. The van der Waals surface area contributed by atoms with Gasteiger partial charge in [-0.2, -0.15) is 0 Å². The fourth-order valence-electron chi connectivity index (χ4n) is 1.85. The van der Waals surface area contributed by atoms with Crippen LogP contribution in [0.25, 0.3) is 12.2 Å². The SMILES string of the molecule is Cc1nc(/C=C/c2ccc(CCl)cc2)c([N+](=O)[O-])n1C. The van der Waals surface area contributed by atoms with Gasteiger partial charge in [0.2, 0.25) is 0 Å². The molecule has 0 spiro atoms. The highest BCUT2D eigenvalue weighted by Crippen LogP contribution is 2.21. The van der Waals surface area contributed by atoms with Crippen LogP contribution in [0.4, 0.5) is 5.82 Å². The number of benzene rings is 1. The molecule has 5 nitrogen and oxygen atoms in total. The minimum Gasteiger partial charge on any atom is -0.358 e. The van der Waals surface area contributed by atoms with Gasteiger partial charge in [0.15, 0.2) is 11.5 Å². The van der Waals surface area contributed by atoms with Crippen molar-refractivity contribution >= 4 is 29.6 Å². The van der Waals surface area contributed by atoms with Crippen molar-refractivity contribution in [2.45, 2.75) is 12.8 Å². The van der Waals surface area contributed by atoms with E-state index in [2.05, 4.69) is 4.98 Å². The van der Waals surface area contributed by atoms with Crippen molar-refractivity contribution in [3.63, 3.8) is 0 Å². The molecule has 0 amide bonds. The molecule has 104 valence electrons. The van der Waals surface area contributed by atoms with Gasteiger partial charge in [-0.3, -0.25) is 0 Å². The summed E-state index contributed by atoms with van der Waals surface area (Å²) in [6, 6.07) is 7.67. The Morgan fingerprint density at radius 2 is 2.00 bits per heavy atom. The molecule has 6 heteroatoms. The fraction of sp³-hybridized carbons (Fsp3) is 0.214. The molecule has 0 bridgehead atoms. The second-order valence-electron chi connectivity index (χ2n) is 4.39. The smallest absolute Gasteiger partial charge is 0.350 e. The first-order chi connectivity index (χ1) is 9.52. The minimum absolute atomic E-state index is 0.00358. The number of halogens is 1. The number of alkyl halides is 1. The zero-order chi connectivity index (χ0) is 14.7. The van der Waals surface area contributed by atoms with Gasteiger partial charge in [-0.05, 0) is 22.1 Å². The predicted octanol–water partition coefficient (Wildman–Crippen LogP) is 3.55. The van der Waals surface area contributed by atoms with E-state index in [4.69, 9.17) is 11.6 Å². The molecular weight excluding hydrogens is 278 g/mol. The van der Waals surface area contributed by atoms with Crippen LogP contribution in [0.1, 0.15) is 22.6 Å². The van der Waals surface area contributed by atoms with Crippen molar-refractivity contribution in [3.05, 3.63) is 57.0 Å². The van der Waals surface area contributed by atoms with Gasteiger partial charge >= 0.3 is 5.82 Å². The Morgan fingerprint density at radius 3 is 2.55 bits per heavy atom. The van der Waals surface area contributed by atoms with E-state index < -0.39 is 4.92 Å². The Morgan fingerprint density at radius 1 is 1.35 bits per heavy atom. The van der Waals surface area contributed by atoms with Crippen molar-refractivity contribution in [1.29, 1.82) is 0 Å². The molecule has 0 aliphatic carbocycles. The molecule has 0 unspecified atom stereocenters. The maximum Gasteiger partial charge on any atom is 0.350 e. The number of hydrogen-bond donors (Lipinski definition) is 0. The van der Waals surface area contributed by atoms with E-state index >= 15 is 0 Å². The molecular formula is C14H14ClN3O2. The first-order valence-electron chi connectivity index (χ1n) is 6.03. The fourth-order valence-corrected chi connectivity index (χ4v) is 2.02. The summed E-state index contributed by atoms with van der Waals surface area (Å²) in [5, 5.41) is 11.0. The van der Waals surface area contributed by atoms with E-state index in [-0.39, 0.29) is 5.82 Å². The average molecular weight is 292 g/mol. The van der Waals surface area contributed by atoms with Crippen molar-refractivity contribution in [2.24, 2.45) is 7.05 Å². The molecule has 2 aromatic rings. The minimum atomic E-state index is -0.420. The highest BCUT2D eigenvalue weighted by molar-refractivity contribution is 6.17. The molecule has 0 radical (unpaired) electrons. The lowest BCUT2D eigenvalue weighted by atomic mass is 10.1. The molecule has 0 saturated carbocycles. The van der Waals surface area contributed by atoms with E-state index in [0.29, 0.717) is 17.4 Å². The number of imidazole rings is 1. The van der Waals surface area contributed by atoms with E-state index in [1.807, 2.05) is 24.3 Å². The van der Waals surface area contributed by atoms with Crippen molar-refractivity contribution < 1.29 is 4.92 Å². The summed E-state index contributed by atoms with van der Waals surface area (Å²) in [6.07, 6.45) is 3.45. The summed E-state index contributed by atoms with van der Waals surface area (Å²) < 4.78 is 1.47. The lowest BCUT2D eigenvalue weighted by molar-refractivity contribution is -0.392. The van der Waals surface area contributed by atoms with Crippen LogP contribution in [-0.4, -0.2) is 14.5 Å². The third-order valence-corrected chi connectivity index (χ3v) is 3.36. The summed E-state index contributed by atoms with van der Waals surface area (Å²) in [4.78, 5) is 14.8. The van der Waals surface area contributed by atoms with Gasteiger partial charge in [0.25, 0.3) is 0 Å². The van der Waals surface area contributed by atoms with E-state index in [1.165, 1.54) is 4.57 Å². The summed E-state index contributed by atoms with van der Waals surface area (Å²) in [7, 11) is 1.63. The molecule has 20 heavy (non-hydrogen) atoms. The Labute approximate surface area is 121 Å².